The van der Waals surface area contributed by atoms with Crippen LogP contribution in [-0.4, -0.2) is 4.98 Å². The lowest BCUT2D eigenvalue weighted by atomic mass is 9.72. The van der Waals surface area contributed by atoms with Crippen molar-refractivity contribution >= 4 is 16.9 Å². The number of aromatic nitrogens is 1. The molecule has 4 nitrogen and oxygen atoms in total. The molecule has 0 unspecified atom stereocenters. The minimum atomic E-state index is -0.203. The van der Waals surface area contributed by atoms with Gasteiger partial charge in [0, 0.05) is 28.3 Å². The van der Waals surface area contributed by atoms with Gasteiger partial charge in [-0.05, 0) is 42.0 Å². The molecule has 2 heterocycles. The van der Waals surface area contributed by atoms with Gasteiger partial charge in [-0.15, -0.1) is 0 Å². The number of H-pyrrole nitrogens is 1. The van der Waals surface area contributed by atoms with Gasteiger partial charge in [-0.1, -0.05) is 61.2 Å². The highest BCUT2D eigenvalue weighted by molar-refractivity contribution is 6.15. The Kier molecular flexibility index (Phi) is 4.03. The van der Waals surface area contributed by atoms with Crippen molar-refractivity contribution in [3.8, 4) is 5.88 Å². The molecule has 0 radical (unpaired) electrons. The van der Waals surface area contributed by atoms with Crippen molar-refractivity contribution in [1.82, 2.24) is 4.98 Å². The zero-order valence-electron chi connectivity index (χ0n) is 16.1. The molecule has 144 valence electrons. The minimum absolute atomic E-state index is 0.193. The first-order valence-electron chi connectivity index (χ1n) is 9.85. The molecule has 0 saturated heterocycles. The molecule has 0 amide bonds. The van der Waals surface area contributed by atoms with Crippen LogP contribution in [0.15, 0.2) is 78.1 Å². The average Bonchev–Trinajstić information content (AvgIpc) is 2.72. The molecule has 1 saturated carbocycles. The number of ether oxygens (including phenoxy) is 1. The lowest BCUT2D eigenvalue weighted by molar-refractivity contribution is 0.253. The number of aromatic amines is 1. The highest BCUT2D eigenvalue weighted by Crippen LogP contribution is 2.45. The molecular weight excluding hydrogens is 360 g/mol. The Balaban J connectivity index is 1.66. The summed E-state index contributed by atoms with van der Waals surface area (Å²) in [6, 6.07) is 21.5. The SMILES string of the molecule is C=C1C(c2ccc(C3(N)CCC3)cc2)=C(c2ccccc2)Oc2[nH]c(=O)ccc21. The molecule has 3 aromatic rings. The van der Waals surface area contributed by atoms with E-state index in [1.807, 2.05) is 30.3 Å². The van der Waals surface area contributed by atoms with Crippen LogP contribution in [0.25, 0.3) is 16.9 Å². The first kappa shape index (κ1) is 17.7. The van der Waals surface area contributed by atoms with Crippen molar-refractivity contribution < 1.29 is 4.74 Å². The highest BCUT2D eigenvalue weighted by Gasteiger charge is 2.34. The van der Waals surface area contributed by atoms with E-state index in [9.17, 15) is 4.79 Å². The highest BCUT2D eigenvalue weighted by atomic mass is 16.5. The van der Waals surface area contributed by atoms with Gasteiger partial charge >= 0.3 is 0 Å². The Morgan fingerprint density at radius 2 is 1.66 bits per heavy atom. The zero-order chi connectivity index (χ0) is 20.0. The van der Waals surface area contributed by atoms with Crippen molar-refractivity contribution in [2.75, 3.05) is 0 Å². The molecule has 0 bridgehead atoms. The van der Waals surface area contributed by atoms with E-state index in [2.05, 4.69) is 35.8 Å². The second-order valence-corrected chi connectivity index (χ2v) is 7.80. The topological polar surface area (TPSA) is 68.1 Å². The molecule has 2 aliphatic rings. The van der Waals surface area contributed by atoms with E-state index in [0.717, 1.165) is 40.7 Å². The summed E-state index contributed by atoms with van der Waals surface area (Å²) in [5.41, 5.74) is 11.7. The summed E-state index contributed by atoms with van der Waals surface area (Å²) >= 11 is 0. The molecule has 29 heavy (non-hydrogen) atoms. The van der Waals surface area contributed by atoms with Gasteiger partial charge in [0.05, 0.1) is 0 Å². The molecule has 1 fully saturated rings. The molecule has 3 N–H and O–H groups in total. The summed E-state index contributed by atoms with van der Waals surface area (Å²) < 4.78 is 6.20. The van der Waals surface area contributed by atoms with Crippen LogP contribution >= 0.6 is 0 Å². The molecule has 1 aliphatic carbocycles. The Bertz CT molecular complexity index is 1180. The van der Waals surface area contributed by atoms with E-state index in [1.54, 1.807) is 6.07 Å². The van der Waals surface area contributed by atoms with Gasteiger partial charge in [-0.3, -0.25) is 9.78 Å². The van der Waals surface area contributed by atoms with Crippen LogP contribution in [0.3, 0.4) is 0 Å². The zero-order valence-corrected chi connectivity index (χ0v) is 16.1. The van der Waals surface area contributed by atoms with E-state index in [4.69, 9.17) is 10.5 Å². The predicted molar refractivity (Wildman–Crippen MR) is 116 cm³/mol. The lowest BCUT2D eigenvalue weighted by Crippen LogP contribution is -2.43. The molecule has 1 aliphatic heterocycles. The number of nitrogens with one attached hydrogen (secondary N) is 1. The molecular formula is C25H22N2O2. The van der Waals surface area contributed by atoms with Crippen molar-refractivity contribution in [1.29, 1.82) is 0 Å². The minimum Gasteiger partial charge on any atom is -0.439 e. The van der Waals surface area contributed by atoms with Gasteiger partial charge < -0.3 is 10.5 Å². The Labute approximate surface area is 169 Å². The van der Waals surface area contributed by atoms with Crippen LogP contribution in [0.1, 0.15) is 41.5 Å². The summed E-state index contributed by atoms with van der Waals surface area (Å²) in [5, 5.41) is 0. The number of rotatable bonds is 3. The third kappa shape index (κ3) is 2.93. The number of allylic oxidation sites excluding steroid dienone is 2. The maximum absolute atomic E-state index is 11.8. The summed E-state index contributed by atoms with van der Waals surface area (Å²) in [7, 11) is 0. The van der Waals surface area contributed by atoms with Crippen molar-refractivity contribution in [2.24, 2.45) is 5.73 Å². The largest absolute Gasteiger partial charge is 0.439 e. The van der Waals surface area contributed by atoms with Crippen LogP contribution in [0.4, 0.5) is 0 Å². The molecule has 0 spiro atoms. The van der Waals surface area contributed by atoms with E-state index >= 15 is 0 Å². The van der Waals surface area contributed by atoms with Gasteiger partial charge in [-0.2, -0.15) is 0 Å². The fourth-order valence-electron chi connectivity index (χ4n) is 4.11. The number of hydrogen-bond donors (Lipinski definition) is 2. The molecule has 4 heteroatoms. The Morgan fingerprint density at radius 3 is 2.31 bits per heavy atom. The maximum Gasteiger partial charge on any atom is 0.250 e. The van der Waals surface area contributed by atoms with Gasteiger partial charge in [0.15, 0.2) is 0 Å². The van der Waals surface area contributed by atoms with Crippen molar-refractivity contribution in [2.45, 2.75) is 24.8 Å². The second-order valence-electron chi connectivity index (χ2n) is 7.80. The normalized spacial score (nSPS) is 17.3. The predicted octanol–water partition coefficient (Wildman–Crippen LogP) is 4.69. The third-order valence-corrected chi connectivity index (χ3v) is 5.97. The monoisotopic (exact) mass is 382 g/mol. The smallest absolute Gasteiger partial charge is 0.250 e. The number of hydrogen-bond acceptors (Lipinski definition) is 3. The maximum atomic E-state index is 11.8. The van der Waals surface area contributed by atoms with E-state index in [1.165, 1.54) is 18.1 Å². The molecule has 5 rings (SSSR count). The summed E-state index contributed by atoms with van der Waals surface area (Å²) in [6.07, 6.45) is 3.24. The van der Waals surface area contributed by atoms with Crippen molar-refractivity contribution in [3.05, 3.63) is 106 Å². The van der Waals surface area contributed by atoms with Crippen LogP contribution in [-0.2, 0) is 5.54 Å². The van der Waals surface area contributed by atoms with Crippen LogP contribution in [0, 0.1) is 0 Å². The average molecular weight is 382 g/mol. The van der Waals surface area contributed by atoms with Gasteiger partial charge in [-0.25, -0.2) is 0 Å². The van der Waals surface area contributed by atoms with Gasteiger partial charge in [0.1, 0.15) is 5.76 Å². The van der Waals surface area contributed by atoms with E-state index < -0.39 is 0 Å². The Morgan fingerprint density at radius 1 is 0.931 bits per heavy atom. The summed E-state index contributed by atoms with van der Waals surface area (Å²) in [4.78, 5) is 14.6. The first-order valence-corrected chi connectivity index (χ1v) is 9.85. The number of nitrogens with two attached hydrogens (primary N) is 1. The molecule has 2 aromatic carbocycles. The van der Waals surface area contributed by atoms with Gasteiger partial charge in [0.2, 0.25) is 5.88 Å². The third-order valence-electron chi connectivity index (χ3n) is 5.97. The van der Waals surface area contributed by atoms with Crippen LogP contribution in [0.2, 0.25) is 0 Å². The standard InChI is InChI=1S/C25H22N2O2/c1-16-20-12-13-21(28)27-24(20)29-23(18-6-3-2-4-7-18)22(16)17-8-10-19(11-9-17)25(26)14-5-15-25/h2-4,6-13H,1,5,14-15,26H2,(H,27,28). The number of fused-ring (bicyclic) bond motifs is 1. The van der Waals surface area contributed by atoms with Crippen LogP contribution < -0.4 is 16.0 Å². The number of pyridine rings is 1. The second kappa shape index (κ2) is 6.61. The number of benzene rings is 2. The molecule has 0 atom stereocenters. The molecule has 1 aromatic heterocycles. The Hall–Kier alpha value is -3.37. The first-order chi connectivity index (χ1) is 14.0. The fourth-order valence-corrected chi connectivity index (χ4v) is 4.11. The lowest BCUT2D eigenvalue weighted by Gasteiger charge is -2.38. The quantitative estimate of drug-likeness (QED) is 0.691. The summed E-state index contributed by atoms with van der Waals surface area (Å²) in [6.45, 7) is 4.33. The fraction of sp³-hybridized carbons (Fsp3) is 0.160. The summed E-state index contributed by atoms with van der Waals surface area (Å²) in [5.74, 6) is 1.11. The van der Waals surface area contributed by atoms with E-state index in [0.29, 0.717) is 11.6 Å². The van der Waals surface area contributed by atoms with Gasteiger partial charge in [0.25, 0.3) is 5.56 Å². The van der Waals surface area contributed by atoms with Crippen LogP contribution in [0.5, 0.6) is 5.88 Å². The van der Waals surface area contributed by atoms with Crippen molar-refractivity contribution in [3.63, 3.8) is 0 Å². The van der Waals surface area contributed by atoms with E-state index in [-0.39, 0.29) is 11.1 Å².